The number of carbonyl (C=O) groups excluding carboxylic acids is 2. The van der Waals surface area contributed by atoms with Gasteiger partial charge >= 0.3 is 12.2 Å². The monoisotopic (exact) mass is 895 g/mol. The molecule has 15 nitrogen and oxygen atoms in total. The Hall–Kier alpha value is -6.84. The molecule has 2 atom stereocenters. The summed E-state index contributed by atoms with van der Waals surface area (Å²) in [7, 11) is 10.2. The summed E-state index contributed by atoms with van der Waals surface area (Å²) in [5, 5.41) is 0. The maximum atomic E-state index is 13.4. The molecule has 0 fully saturated rings. The Labute approximate surface area is 382 Å². The maximum absolute atomic E-state index is 13.4. The van der Waals surface area contributed by atoms with Crippen LogP contribution in [0.15, 0.2) is 115 Å². The zero-order valence-electron chi connectivity index (χ0n) is 38.5. The van der Waals surface area contributed by atoms with Crippen molar-refractivity contribution in [2.75, 3.05) is 73.9 Å². The van der Waals surface area contributed by atoms with E-state index in [2.05, 4.69) is 0 Å². The highest BCUT2D eigenvalue weighted by Crippen LogP contribution is 2.30. The van der Waals surface area contributed by atoms with Crippen LogP contribution in [-0.2, 0) is 45.1 Å². The van der Waals surface area contributed by atoms with Crippen molar-refractivity contribution in [3.63, 3.8) is 0 Å². The van der Waals surface area contributed by atoms with Crippen molar-refractivity contribution in [2.24, 2.45) is 0 Å². The van der Waals surface area contributed by atoms with Crippen LogP contribution >= 0.6 is 0 Å². The Morgan fingerprint density at radius 1 is 0.446 bits per heavy atom. The van der Waals surface area contributed by atoms with Gasteiger partial charge in [0.2, 0.25) is 0 Å². The van der Waals surface area contributed by atoms with E-state index in [-0.39, 0.29) is 26.4 Å². The summed E-state index contributed by atoms with van der Waals surface area (Å²) in [5.74, 6) is 3.76. The van der Waals surface area contributed by atoms with Crippen LogP contribution in [0.3, 0.4) is 0 Å². The molecule has 2 unspecified atom stereocenters. The Bertz CT molecular complexity index is 2010. The molecule has 15 heteroatoms. The van der Waals surface area contributed by atoms with Crippen molar-refractivity contribution in [1.82, 2.24) is 9.80 Å². The number of rotatable bonds is 25. The van der Waals surface area contributed by atoms with Gasteiger partial charge in [-0.15, -0.1) is 0 Å². The van der Waals surface area contributed by atoms with Gasteiger partial charge in [-0.05, 0) is 84.6 Å². The Kier molecular flexibility index (Phi) is 19.3. The van der Waals surface area contributed by atoms with Gasteiger partial charge in [-0.2, -0.15) is 0 Å². The predicted octanol–water partition coefficient (Wildman–Crippen LogP) is 8.95. The van der Waals surface area contributed by atoms with Gasteiger partial charge < -0.3 is 52.3 Å². The third kappa shape index (κ3) is 16.3. The molecule has 0 spiro atoms. The SMILES string of the molecule is COc1cccc(CN(Cc2cccc(OC)c2)C(=O)OCCOC(C)Oc2cc(OC(C)OCCOC(=O)N(Cc3cccc(OC)c3)Cc3cccc(OC)c3)cc(N(C)C)c2)c1. The number of methoxy groups -OCH3 is 4. The highest BCUT2D eigenvalue weighted by Gasteiger charge is 2.20. The molecule has 0 aliphatic heterocycles. The number of hydrogen-bond donors (Lipinski definition) is 0. The summed E-state index contributed by atoms with van der Waals surface area (Å²) in [6.45, 7) is 4.88. The average Bonchev–Trinajstić information content (AvgIpc) is 3.31. The molecule has 2 amide bonds. The van der Waals surface area contributed by atoms with Gasteiger partial charge in [0.25, 0.3) is 0 Å². The molecule has 0 aliphatic rings. The average molecular weight is 896 g/mol. The molecule has 65 heavy (non-hydrogen) atoms. The van der Waals surface area contributed by atoms with E-state index < -0.39 is 24.8 Å². The number of ether oxygens (including phenoxy) is 10. The number of benzene rings is 5. The third-order valence-electron chi connectivity index (χ3n) is 9.85. The van der Waals surface area contributed by atoms with Gasteiger partial charge in [-0.1, -0.05) is 48.5 Å². The fourth-order valence-corrected chi connectivity index (χ4v) is 6.61. The maximum Gasteiger partial charge on any atom is 0.410 e. The van der Waals surface area contributed by atoms with E-state index in [1.54, 1.807) is 58.2 Å². The highest BCUT2D eigenvalue weighted by atomic mass is 16.7. The normalized spacial score (nSPS) is 11.7. The number of amides is 2. The van der Waals surface area contributed by atoms with Crippen LogP contribution in [0.25, 0.3) is 0 Å². The lowest BCUT2D eigenvalue weighted by Gasteiger charge is -2.24. The first kappa shape index (κ1) is 49.2. The summed E-state index contributed by atoms with van der Waals surface area (Å²) >= 11 is 0. The van der Waals surface area contributed by atoms with Gasteiger partial charge in [0.1, 0.15) is 47.7 Å². The van der Waals surface area contributed by atoms with Crippen LogP contribution in [0.1, 0.15) is 36.1 Å². The molecule has 348 valence electrons. The van der Waals surface area contributed by atoms with Crippen molar-refractivity contribution in [2.45, 2.75) is 52.6 Å². The first-order chi connectivity index (χ1) is 31.4. The summed E-state index contributed by atoms with van der Waals surface area (Å²) in [6.07, 6.45) is -2.39. The summed E-state index contributed by atoms with van der Waals surface area (Å²) < 4.78 is 56.9. The van der Waals surface area contributed by atoms with Crippen molar-refractivity contribution in [1.29, 1.82) is 0 Å². The molecular weight excluding hydrogens is 835 g/mol. The second-order valence-corrected chi connectivity index (χ2v) is 15.0. The second kappa shape index (κ2) is 25.5. The molecule has 0 saturated carbocycles. The highest BCUT2D eigenvalue weighted by molar-refractivity contribution is 5.68. The molecule has 5 rings (SSSR count). The van der Waals surface area contributed by atoms with Crippen molar-refractivity contribution in [3.8, 4) is 34.5 Å². The van der Waals surface area contributed by atoms with E-state index >= 15 is 0 Å². The molecule has 5 aromatic rings. The van der Waals surface area contributed by atoms with Crippen LogP contribution in [-0.4, -0.2) is 104 Å². The number of carbonyl (C=O) groups is 2. The fourth-order valence-electron chi connectivity index (χ4n) is 6.61. The number of anilines is 1. The van der Waals surface area contributed by atoms with Crippen LogP contribution in [0, 0.1) is 0 Å². The minimum absolute atomic E-state index is 0.00193. The molecule has 5 aromatic carbocycles. The molecule has 0 heterocycles. The molecule has 0 saturated heterocycles. The largest absolute Gasteiger partial charge is 0.497 e. The Morgan fingerprint density at radius 2 is 0.769 bits per heavy atom. The molecule has 0 aliphatic carbocycles. The predicted molar refractivity (Wildman–Crippen MR) is 246 cm³/mol. The zero-order chi connectivity index (χ0) is 46.6. The first-order valence-corrected chi connectivity index (χ1v) is 21.2. The van der Waals surface area contributed by atoms with Gasteiger partial charge in [-0.3, -0.25) is 9.80 Å². The minimum atomic E-state index is -0.695. The standard InChI is InChI=1S/C50H61N3O12/c1-36(60-21-23-62-49(54)52(32-38-13-9-17-43(25-38)56-5)33-39-14-10-18-44(26-39)57-6)64-47-29-42(51(3)4)30-48(31-47)65-37(2)61-22-24-63-50(55)53(34-40-15-11-19-45(27-40)58-7)35-41-16-12-20-46(28-41)59-8/h9-20,25-31,36-37H,21-24,32-35H2,1-8H3. The van der Waals surface area contributed by atoms with E-state index in [4.69, 9.17) is 47.4 Å². The van der Waals surface area contributed by atoms with Crippen molar-refractivity contribution < 1.29 is 57.0 Å². The van der Waals surface area contributed by atoms with E-state index in [0.717, 1.165) is 27.9 Å². The lowest BCUT2D eigenvalue weighted by molar-refractivity contribution is -0.0818. The Balaban J connectivity index is 1.11. The lowest BCUT2D eigenvalue weighted by Crippen LogP contribution is -2.32. The zero-order valence-corrected chi connectivity index (χ0v) is 38.5. The quantitative estimate of drug-likeness (QED) is 0.0408. The minimum Gasteiger partial charge on any atom is -0.497 e. The first-order valence-electron chi connectivity index (χ1n) is 21.2. The summed E-state index contributed by atoms with van der Waals surface area (Å²) in [4.78, 5) is 32.0. The summed E-state index contributed by atoms with van der Waals surface area (Å²) in [6, 6.07) is 35.6. The van der Waals surface area contributed by atoms with Crippen molar-refractivity contribution >= 4 is 17.9 Å². The second-order valence-electron chi connectivity index (χ2n) is 15.0. The van der Waals surface area contributed by atoms with Crippen LogP contribution in [0.2, 0.25) is 0 Å². The van der Waals surface area contributed by atoms with Gasteiger partial charge in [0.05, 0.1) is 41.7 Å². The summed E-state index contributed by atoms with van der Waals surface area (Å²) in [5.41, 5.74) is 4.37. The van der Waals surface area contributed by atoms with E-state index in [1.165, 1.54) is 0 Å². The molecule has 0 radical (unpaired) electrons. The van der Waals surface area contributed by atoms with E-state index in [9.17, 15) is 9.59 Å². The van der Waals surface area contributed by atoms with Crippen LogP contribution in [0.4, 0.5) is 15.3 Å². The van der Waals surface area contributed by atoms with Crippen LogP contribution < -0.4 is 33.3 Å². The van der Waals surface area contributed by atoms with E-state index in [1.807, 2.05) is 128 Å². The number of hydrogen-bond acceptors (Lipinski definition) is 13. The lowest BCUT2D eigenvalue weighted by atomic mass is 10.1. The van der Waals surface area contributed by atoms with Gasteiger partial charge in [0, 0.05) is 64.2 Å². The van der Waals surface area contributed by atoms with E-state index in [0.29, 0.717) is 60.7 Å². The molecule has 0 N–H and O–H groups in total. The molecule has 0 bridgehead atoms. The van der Waals surface area contributed by atoms with Gasteiger partial charge in [0.15, 0.2) is 12.6 Å². The third-order valence-corrected chi connectivity index (χ3v) is 9.85. The van der Waals surface area contributed by atoms with Crippen LogP contribution in [0.5, 0.6) is 34.5 Å². The number of nitrogens with zero attached hydrogens (tertiary/aromatic N) is 3. The molecule has 0 aromatic heterocycles. The fraction of sp³-hybridized carbons (Fsp3) is 0.360. The molecular formula is C50H61N3O12. The smallest absolute Gasteiger partial charge is 0.410 e. The van der Waals surface area contributed by atoms with Gasteiger partial charge in [-0.25, -0.2) is 9.59 Å². The Morgan fingerprint density at radius 3 is 1.06 bits per heavy atom. The van der Waals surface area contributed by atoms with Crippen molar-refractivity contribution in [3.05, 3.63) is 138 Å². The topological polar surface area (TPSA) is 136 Å².